The second kappa shape index (κ2) is 9.46. The van der Waals surface area contributed by atoms with E-state index in [-0.39, 0.29) is 30.5 Å². The molecule has 1 saturated heterocycles. The minimum atomic E-state index is -3.32. The molecule has 1 aliphatic carbocycles. The zero-order valence-electron chi connectivity index (χ0n) is 18.6. The van der Waals surface area contributed by atoms with Gasteiger partial charge in [0.25, 0.3) is 0 Å². The molecule has 2 atom stereocenters. The van der Waals surface area contributed by atoms with Crippen molar-refractivity contribution in [1.29, 1.82) is 0 Å². The summed E-state index contributed by atoms with van der Waals surface area (Å²) >= 11 is 0. The summed E-state index contributed by atoms with van der Waals surface area (Å²) in [7, 11) is -3.32. The van der Waals surface area contributed by atoms with Gasteiger partial charge in [-0.15, -0.1) is 0 Å². The van der Waals surface area contributed by atoms with Crippen molar-refractivity contribution in [2.24, 2.45) is 0 Å². The number of alkyl carbamates (subject to hydrolysis) is 1. The predicted octanol–water partition coefficient (Wildman–Crippen LogP) is 2.01. The van der Waals surface area contributed by atoms with Gasteiger partial charge in [0, 0.05) is 12.0 Å². The quantitative estimate of drug-likeness (QED) is 0.612. The van der Waals surface area contributed by atoms with Gasteiger partial charge in [-0.1, -0.05) is 48.5 Å². The molecule has 2 aromatic rings. The van der Waals surface area contributed by atoms with E-state index in [0.29, 0.717) is 0 Å². The van der Waals surface area contributed by atoms with Crippen molar-refractivity contribution in [3.8, 4) is 11.1 Å². The van der Waals surface area contributed by atoms with Crippen LogP contribution in [0.5, 0.6) is 0 Å². The molecule has 1 heterocycles. The van der Waals surface area contributed by atoms with Gasteiger partial charge in [-0.05, 0) is 35.6 Å². The lowest BCUT2D eigenvalue weighted by Gasteiger charge is -2.29. The van der Waals surface area contributed by atoms with E-state index < -0.39 is 46.4 Å². The Kier molecular flexibility index (Phi) is 6.60. The van der Waals surface area contributed by atoms with E-state index in [1.807, 2.05) is 48.5 Å². The number of hydrogen-bond acceptors (Lipinski definition) is 6. The van der Waals surface area contributed by atoms with Gasteiger partial charge in [-0.2, -0.15) is 0 Å². The van der Waals surface area contributed by atoms with E-state index in [1.54, 1.807) is 0 Å². The Labute approximate surface area is 197 Å². The molecule has 34 heavy (non-hydrogen) atoms. The van der Waals surface area contributed by atoms with Gasteiger partial charge >= 0.3 is 12.1 Å². The monoisotopic (exact) mass is 486 g/mol. The summed E-state index contributed by atoms with van der Waals surface area (Å²) in [6.45, 7) is 0.846. The Morgan fingerprint density at radius 2 is 1.68 bits per heavy atom. The Morgan fingerprint density at radius 3 is 2.21 bits per heavy atom. The molecule has 2 aromatic carbocycles. The topological polar surface area (TPSA) is 130 Å². The maximum atomic E-state index is 12.9. The zero-order chi connectivity index (χ0) is 24.5. The van der Waals surface area contributed by atoms with Crippen LogP contribution in [0.4, 0.5) is 4.79 Å². The van der Waals surface area contributed by atoms with Crippen LogP contribution in [0.15, 0.2) is 48.5 Å². The van der Waals surface area contributed by atoms with Gasteiger partial charge < -0.3 is 20.1 Å². The molecule has 2 aliphatic rings. The average molecular weight is 487 g/mol. The van der Waals surface area contributed by atoms with Crippen LogP contribution < -0.4 is 5.32 Å². The van der Waals surface area contributed by atoms with Crippen LogP contribution in [-0.2, 0) is 24.2 Å². The lowest BCUT2D eigenvalue weighted by atomic mass is 9.98. The summed E-state index contributed by atoms with van der Waals surface area (Å²) in [5.41, 5.74) is 4.28. The number of carbonyl (C=O) groups is 3. The van der Waals surface area contributed by atoms with Crippen molar-refractivity contribution >= 4 is 27.8 Å². The number of aliphatic carboxylic acids is 1. The number of carboxylic acid groups (broad SMARTS) is 1. The highest BCUT2D eigenvalue weighted by Gasteiger charge is 2.37. The number of nitrogens with one attached hydrogen (secondary N) is 1. The fourth-order valence-electron chi connectivity index (χ4n) is 4.68. The molecule has 1 fully saturated rings. The summed E-state index contributed by atoms with van der Waals surface area (Å²) < 4.78 is 29.1. The lowest BCUT2D eigenvalue weighted by Crippen LogP contribution is -2.52. The molecular formula is C24H26N2O7S. The van der Waals surface area contributed by atoms with Crippen LogP contribution in [0.25, 0.3) is 11.1 Å². The van der Waals surface area contributed by atoms with Crippen LogP contribution in [0.3, 0.4) is 0 Å². The number of rotatable bonds is 7. The summed E-state index contributed by atoms with van der Waals surface area (Å²) in [6, 6.07) is 14.0. The summed E-state index contributed by atoms with van der Waals surface area (Å²) in [5.74, 6) is -2.46. The SMILES string of the molecule is C[C@@H](NC(=O)OCC1c2ccccc2-c2ccccc21)C(=O)N(CC(=O)O)C1CCS(=O)(=O)C1. The van der Waals surface area contributed by atoms with Crippen LogP contribution in [0, 0.1) is 0 Å². The fourth-order valence-corrected chi connectivity index (χ4v) is 6.41. The largest absolute Gasteiger partial charge is 0.480 e. The van der Waals surface area contributed by atoms with E-state index >= 15 is 0 Å². The number of amides is 2. The molecule has 0 saturated carbocycles. The first-order valence-corrected chi connectivity index (χ1v) is 12.8. The molecule has 1 unspecified atom stereocenters. The number of sulfone groups is 1. The van der Waals surface area contributed by atoms with Crippen molar-refractivity contribution < 1.29 is 32.6 Å². The van der Waals surface area contributed by atoms with Crippen molar-refractivity contribution in [3.63, 3.8) is 0 Å². The van der Waals surface area contributed by atoms with Crippen LogP contribution in [0.1, 0.15) is 30.4 Å². The maximum Gasteiger partial charge on any atom is 0.407 e. The van der Waals surface area contributed by atoms with Crippen LogP contribution >= 0.6 is 0 Å². The number of carboxylic acids is 1. The molecule has 4 rings (SSSR count). The molecule has 0 aromatic heterocycles. The van der Waals surface area contributed by atoms with Gasteiger partial charge in [0.05, 0.1) is 11.5 Å². The Bertz CT molecular complexity index is 1180. The van der Waals surface area contributed by atoms with Gasteiger partial charge in [0.1, 0.15) is 19.2 Å². The number of carbonyl (C=O) groups excluding carboxylic acids is 2. The third-order valence-electron chi connectivity index (χ3n) is 6.29. The first-order chi connectivity index (χ1) is 16.2. The van der Waals surface area contributed by atoms with Gasteiger partial charge in [-0.25, -0.2) is 13.2 Å². The molecule has 180 valence electrons. The maximum absolute atomic E-state index is 12.9. The first kappa shape index (κ1) is 23.7. The molecule has 0 bridgehead atoms. The summed E-state index contributed by atoms with van der Waals surface area (Å²) in [4.78, 5) is 37.7. The first-order valence-electron chi connectivity index (χ1n) is 11.0. The molecule has 9 nitrogen and oxygen atoms in total. The predicted molar refractivity (Wildman–Crippen MR) is 124 cm³/mol. The van der Waals surface area contributed by atoms with E-state index in [9.17, 15) is 27.9 Å². The summed E-state index contributed by atoms with van der Waals surface area (Å²) in [6.07, 6.45) is -0.643. The van der Waals surface area contributed by atoms with Crippen LogP contribution in [0.2, 0.25) is 0 Å². The highest BCUT2D eigenvalue weighted by molar-refractivity contribution is 7.91. The number of hydrogen-bond donors (Lipinski definition) is 2. The van der Waals surface area contributed by atoms with E-state index in [2.05, 4.69) is 5.32 Å². The minimum absolute atomic E-state index is 0.0699. The van der Waals surface area contributed by atoms with Gasteiger partial charge in [-0.3, -0.25) is 9.59 Å². The van der Waals surface area contributed by atoms with Crippen molar-refractivity contribution in [1.82, 2.24) is 10.2 Å². The number of nitrogens with zero attached hydrogens (tertiary/aromatic N) is 1. The van der Waals surface area contributed by atoms with E-state index in [1.165, 1.54) is 6.92 Å². The third kappa shape index (κ3) is 4.91. The normalized spacial score (nSPS) is 19.0. The van der Waals surface area contributed by atoms with Crippen molar-refractivity contribution in [3.05, 3.63) is 59.7 Å². The number of ether oxygens (including phenoxy) is 1. The lowest BCUT2D eigenvalue weighted by molar-refractivity contribution is -0.146. The van der Waals surface area contributed by atoms with Gasteiger partial charge in [0.15, 0.2) is 9.84 Å². The van der Waals surface area contributed by atoms with Crippen molar-refractivity contribution in [2.45, 2.75) is 31.3 Å². The standard InChI is InChI=1S/C24H26N2O7S/c1-15(23(29)26(12-22(27)28)16-10-11-34(31,32)14-16)25-24(30)33-13-21-19-8-4-2-6-17(19)18-7-3-5-9-20(18)21/h2-9,15-16,21H,10-14H2,1H3,(H,25,30)(H,27,28)/t15-,16?/m1/s1. The van der Waals surface area contributed by atoms with E-state index in [0.717, 1.165) is 27.2 Å². The van der Waals surface area contributed by atoms with Crippen molar-refractivity contribution in [2.75, 3.05) is 24.7 Å². The fraction of sp³-hybridized carbons (Fsp3) is 0.375. The highest BCUT2D eigenvalue weighted by atomic mass is 32.2. The average Bonchev–Trinajstić information content (AvgIpc) is 3.32. The molecule has 1 aliphatic heterocycles. The Balaban J connectivity index is 1.40. The second-order valence-corrected chi connectivity index (χ2v) is 10.8. The number of benzene rings is 2. The molecule has 2 amide bonds. The smallest absolute Gasteiger partial charge is 0.407 e. The zero-order valence-corrected chi connectivity index (χ0v) is 19.5. The molecule has 0 radical (unpaired) electrons. The summed E-state index contributed by atoms with van der Waals surface area (Å²) in [5, 5.41) is 11.7. The van der Waals surface area contributed by atoms with Crippen LogP contribution in [-0.4, -0.2) is 73.1 Å². The second-order valence-electron chi connectivity index (χ2n) is 8.61. The minimum Gasteiger partial charge on any atom is -0.480 e. The Hall–Kier alpha value is -3.40. The number of fused-ring (bicyclic) bond motifs is 3. The highest BCUT2D eigenvalue weighted by Crippen LogP contribution is 2.44. The Morgan fingerprint density at radius 1 is 1.09 bits per heavy atom. The molecular weight excluding hydrogens is 460 g/mol. The molecule has 10 heteroatoms. The molecule has 0 spiro atoms. The molecule has 2 N–H and O–H groups in total. The third-order valence-corrected chi connectivity index (χ3v) is 8.04. The van der Waals surface area contributed by atoms with E-state index in [4.69, 9.17) is 4.74 Å². The van der Waals surface area contributed by atoms with Gasteiger partial charge in [0.2, 0.25) is 5.91 Å².